The second kappa shape index (κ2) is 13.9. The van der Waals surface area contributed by atoms with Gasteiger partial charge in [-0.15, -0.1) is 0 Å². The van der Waals surface area contributed by atoms with Gasteiger partial charge in [-0.1, -0.05) is 0 Å². The molecule has 0 spiro atoms. The van der Waals surface area contributed by atoms with Gasteiger partial charge in [0.2, 0.25) is 0 Å². The van der Waals surface area contributed by atoms with Gasteiger partial charge in [-0.2, -0.15) is 0 Å². The first-order valence-corrected chi connectivity index (χ1v) is 7.21. The second-order valence-corrected chi connectivity index (χ2v) is 4.81. The molecule has 1 fully saturated rings. The van der Waals surface area contributed by atoms with E-state index < -0.39 is 21.8 Å². The monoisotopic (exact) mass is 432 g/mol. The maximum Gasteiger partial charge on any atom is 0.673 e. The minimum absolute atomic E-state index is 0.00870. The van der Waals surface area contributed by atoms with Crippen molar-refractivity contribution in [2.45, 2.75) is 19.8 Å². The van der Waals surface area contributed by atoms with Gasteiger partial charge >= 0.3 is 27.7 Å². The molecule has 0 unspecified atom stereocenters. The van der Waals surface area contributed by atoms with Crippen molar-refractivity contribution in [2.24, 2.45) is 5.92 Å². The molecule has 27 heavy (non-hydrogen) atoms. The van der Waals surface area contributed by atoms with Crippen molar-refractivity contribution >= 4 is 27.7 Å². The van der Waals surface area contributed by atoms with E-state index in [1.165, 1.54) is 0 Å². The van der Waals surface area contributed by atoms with E-state index in [-0.39, 0.29) is 11.9 Å². The van der Waals surface area contributed by atoms with Crippen molar-refractivity contribution in [1.29, 1.82) is 0 Å². The molecule has 18 heteroatoms. The number of rotatable bonds is 2. The number of hydrogen-bond acceptors (Lipinski definition) is 3. The van der Waals surface area contributed by atoms with Crippen LogP contribution in [0.25, 0.3) is 0 Å². The molecule has 166 valence electrons. The number of likely N-dealkylation sites (tertiary alicyclic amines) is 1. The summed E-state index contributed by atoms with van der Waals surface area (Å²) in [5.74, 6) is 0.145. The van der Waals surface area contributed by atoms with Gasteiger partial charge in [-0.25, -0.2) is 0 Å². The summed E-state index contributed by atoms with van der Waals surface area (Å²) >= 11 is 0. The Hall–Kier alpha value is -1.22. The zero-order valence-electron chi connectivity index (χ0n) is 14.1. The molecule has 0 amide bonds. The van der Waals surface area contributed by atoms with Crippen LogP contribution in [0.3, 0.4) is 0 Å². The number of piperidine rings is 1. The lowest BCUT2D eigenvalue weighted by atomic mass is 9.97. The molecule has 1 aliphatic rings. The highest BCUT2D eigenvalue weighted by Crippen LogP contribution is 2.17. The van der Waals surface area contributed by atoms with E-state index >= 15 is 0 Å². The van der Waals surface area contributed by atoms with Crippen molar-refractivity contribution in [3.05, 3.63) is 0 Å². The van der Waals surface area contributed by atoms with Gasteiger partial charge in [0.15, 0.2) is 0 Å². The van der Waals surface area contributed by atoms with Crippen LogP contribution in [-0.2, 0) is 9.53 Å². The molecule has 0 bridgehead atoms. The Morgan fingerprint density at radius 1 is 0.815 bits per heavy atom. The van der Waals surface area contributed by atoms with Gasteiger partial charge in [-0.05, 0) is 39.9 Å². The molecule has 0 aliphatic carbocycles. The van der Waals surface area contributed by atoms with Gasteiger partial charge in [0.05, 0.1) is 12.5 Å². The fraction of sp³-hybridized carbons (Fsp3) is 0.889. The van der Waals surface area contributed by atoms with Crippen molar-refractivity contribution in [2.75, 3.05) is 26.7 Å². The fourth-order valence-electron chi connectivity index (χ4n) is 1.50. The third-order valence-electron chi connectivity index (χ3n) is 2.34. The smallest absolute Gasteiger partial charge is 0.466 e. The third kappa shape index (κ3) is 51.6. The number of esters is 1. The Morgan fingerprint density at radius 2 is 1.07 bits per heavy atom. The average Bonchev–Trinajstić information content (AvgIpc) is 2.33. The number of hydrogen-bond donors (Lipinski definition) is 0. The van der Waals surface area contributed by atoms with Crippen LogP contribution in [0.2, 0.25) is 0 Å². The van der Waals surface area contributed by atoms with Crippen LogP contribution in [0, 0.1) is 5.92 Å². The van der Waals surface area contributed by atoms with E-state index in [9.17, 15) is 56.6 Å². The summed E-state index contributed by atoms with van der Waals surface area (Å²) in [6.07, 6.45) is 1.91. The quantitative estimate of drug-likeness (QED) is 0.358. The zero-order valence-corrected chi connectivity index (χ0v) is 14.1. The lowest BCUT2D eigenvalue weighted by Crippen LogP contribution is -2.34. The van der Waals surface area contributed by atoms with Crippen LogP contribution >= 0.6 is 0 Å². The van der Waals surface area contributed by atoms with E-state index in [0.717, 1.165) is 25.9 Å². The molecule has 0 aromatic carbocycles. The maximum absolute atomic E-state index is 11.3. The van der Waals surface area contributed by atoms with Crippen LogP contribution in [0.1, 0.15) is 19.8 Å². The van der Waals surface area contributed by atoms with E-state index in [2.05, 4.69) is 11.9 Å². The Bertz CT molecular complexity index is 335. The second-order valence-electron chi connectivity index (χ2n) is 4.81. The lowest BCUT2D eigenvalue weighted by Gasteiger charge is -2.27. The van der Waals surface area contributed by atoms with Crippen molar-refractivity contribution in [3.63, 3.8) is 0 Å². The summed E-state index contributed by atoms with van der Waals surface area (Å²) in [5.41, 5.74) is 0. The molecule has 1 heterocycles. The van der Waals surface area contributed by atoms with Gasteiger partial charge in [0, 0.05) is 0 Å². The molecular formula is C9H17B3F12NO2-3. The summed E-state index contributed by atoms with van der Waals surface area (Å²) in [5, 5.41) is 0. The van der Waals surface area contributed by atoms with Crippen LogP contribution in [0.5, 0.6) is 0 Å². The van der Waals surface area contributed by atoms with Crippen molar-refractivity contribution < 1.29 is 61.3 Å². The normalized spacial score (nSPS) is 15.9. The number of halogens is 12. The number of carbonyl (C=O) groups is 1. The number of nitrogens with zero attached hydrogens (tertiary/aromatic N) is 1. The first kappa shape index (κ1) is 30.5. The summed E-state index contributed by atoms with van der Waals surface area (Å²) in [6.45, 7) is 4.39. The first-order chi connectivity index (χ1) is 11.7. The Labute approximate surface area is 147 Å². The highest BCUT2D eigenvalue weighted by Gasteiger charge is 2.24. The number of carbonyl (C=O) groups excluding carboxylic acids is 1. The highest BCUT2D eigenvalue weighted by molar-refractivity contribution is 6.50. The average molecular weight is 432 g/mol. The molecule has 1 aliphatic heterocycles. The van der Waals surface area contributed by atoms with Gasteiger partial charge < -0.3 is 61.4 Å². The highest BCUT2D eigenvalue weighted by atomic mass is 19.5. The van der Waals surface area contributed by atoms with Gasteiger partial charge in [0.1, 0.15) is 0 Å². The van der Waals surface area contributed by atoms with Crippen LogP contribution in [-0.4, -0.2) is 59.4 Å². The van der Waals surface area contributed by atoms with Gasteiger partial charge in [-0.3, -0.25) is 4.79 Å². The van der Waals surface area contributed by atoms with Crippen molar-refractivity contribution in [3.8, 4) is 0 Å². The lowest BCUT2D eigenvalue weighted by molar-refractivity contribution is -0.149. The van der Waals surface area contributed by atoms with Crippen molar-refractivity contribution in [1.82, 2.24) is 4.90 Å². The summed E-state index contributed by atoms with van der Waals surface area (Å²) < 4.78 is 122. The summed E-state index contributed by atoms with van der Waals surface area (Å²) in [4.78, 5) is 13.5. The zero-order chi connectivity index (χ0) is 22.5. The third-order valence-corrected chi connectivity index (χ3v) is 2.34. The molecule has 0 N–H and O–H groups in total. The predicted molar refractivity (Wildman–Crippen MR) is 77.4 cm³/mol. The standard InChI is InChI=1S/C9H17NO2.3BF4/c1-3-12-9(11)8-4-6-10(2)7-5-8;3*2-1(3,4)5/h8H,3-7H2,1-2H3;;;/q;3*-1. The Balaban J connectivity index is -0.000000323. The largest absolute Gasteiger partial charge is 0.673 e. The topological polar surface area (TPSA) is 29.5 Å². The predicted octanol–water partition coefficient (Wildman–Crippen LogP) is 4.79. The Kier molecular flexibility index (Phi) is 15.7. The van der Waals surface area contributed by atoms with E-state index in [1.807, 2.05) is 6.92 Å². The van der Waals surface area contributed by atoms with Crippen LogP contribution in [0.4, 0.5) is 51.8 Å². The van der Waals surface area contributed by atoms with E-state index in [0.29, 0.717) is 6.61 Å². The fourth-order valence-corrected chi connectivity index (χ4v) is 1.50. The molecule has 1 saturated heterocycles. The SMILES string of the molecule is CCOC(=O)C1CCN(C)CC1.F[B-](F)(F)F.F[B-](F)(F)F.F[B-](F)(F)F. The molecule has 0 aromatic heterocycles. The molecule has 1 rings (SSSR count). The molecule has 3 nitrogen and oxygen atoms in total. The number of ether oxygens (including phenoxy) is 1. The Morgan fingerprint density at radius 3 is 1.30 bits per heavy atom. The summed E-state index contributed by atoms with van der Waals surface area (Å²) in [6, 6.07) is 0. The minimum Gasteiger partial charge on any atom is -0.466 e. The van der Waals surface area contributed by atoms with E-state index in [4.69, 9.17) is 4.74 Å². The van der Waals surface area contributed by atoms with Gasteiger partial charge in [0.25, 0.3) is 0 Å². The first-order valence-electron chi connectivity index (χ1n) is 7.21. The minimum atomic E-state index is -6.00. The van der Waals surface area contributed by atoms with Crippen LogP contribution in [0.15, 0.2) is 0 Å². The summed E-state index contributed by atoms with van der Waals surface area (Å²) in [7, 11) is -15.9. The van der Waals surface area contributed by atoms with Crippen LogP contribution < -0.4 is 0 Å². The van der Waals surface area contributed by atoms with E-state index in [1.54, 1.807) is 0 Å². The molecule has 0 aromatic rings. The molecule has 0 atom stereocenters. The molecule has 0 radical (unpaired) electrons. The maximum atomic E-state index is 11.3. The molecular weight excluding hydrogens is 415 g/mol. The molecule has 0 saturated carbocycles.